The molecule has 1 atom stereocenters. The second-order valence-corrected chi connectivity index (χ2v) is 6.10. The molecule has 1 saturated heterocycles. The van der Waals surface area contributed by atoms with Crippen molar-refractivity contribution in [2.24, 2.45) is 7.05 Å². The molecule has 0 N–H and O–H groups in total. The van der Waals surface area contributed by atoms with Crippen LogP contribution in [0.4, 0.5) is 13.2 Å². The standard InChI is InChI=1S/C17H18F3N3O/c1-11-5-7-12(8-6-11)14-4-3-9-23(14)16(24)13-10-15(17(18,19)20)22(2)21-13/h5-8,10,14H,3-4,9H2,1-2H3/t14-/m0/s1. The highest BCUT2D eigenvalue weighted by molar-refractivity contribution is 5.93. The number of carbonyl (C=O) groups excluding carboxylic acids is 1. The lowest BCUT2D eigenvalue weighted by Gasteiger charge is -2.24. The Morgan fingerprint density at radius 3 is 2.50 bits per heavy atom. The molecule has 3 rings (SSSR count). The van der Waals surface area contributed by atoms with E-state index in [1.165, 1.54) is 7.05 Å². The lowest BCUT2D eigenvalue weighted by atomic mass is 10.0. The molecule has 1 aliphatic heterocycles. The quantitative estimate of drug-likeness (QED) is 0.838. The number of alkyl halides is 3. The van der Waals surface area contributed by atoms with Gasteiger partial charge in [-0.2, -0.15) is 18.3 Å². The van der Waals surface area contributed by atoms with Crippen LogP contribution in [0.2, 0.25) is 0 Å². The first-order valence-corrected chi connectivity index (χ1v) is 7.76. The second kappa shape index (κ2) is 5.96. The van der Waals surface area contributed by atoms with Gasteiger partial charge in [0, 0.05) is 19.7 Å². The first-order valence-electron chi connectivity index (χ1n) is 7.76. The molecule has 2 aromatic rings. The maximum absolute atomic E-state index is 12.9. The molecule has 4 nitrogen and oxygen atoms in total. The van der Waals surface area contributed by atoms with Crippen LogP contribution < -0.4 is 0 Å². The number of aryl methyl sites for hydroxylation is 2. The summed E-state index contributed by atoms with van der Waals surface area (Å²) in [7, 11) is 1.20. The van der Waals surface area contributed by atoms with E-state index in [0.717, 1.165) is 30.0 Å². The summed E-state index contributed by atoms with van der Waals surface area (Å²) in [5.41, 5.74) is 1.04. The average molecular weight is 337 g/mol. The molecule has 1 aliphatic rings. The van der Waals surface area contributed by atoms with E-state index in [0.29, 0.717) is 11.2 Å². The minimum atomic E-state index is -4.53. The number of benzene rings is 1. The molecule has 7 heteroatoms. The second-order valence-electron chi connectivity index (χ2n) is 6.10. The highest BCUT2D eigenvalue weighted by Gasteiger charge is 2.38. The molecule has 0 aliphatic carbocycles. The van der Waals surface area contributed by atoms with Crippen LogP contribution in [0.5, 0.6) is 0 Å². The molecule has 24 heavy (non-hydrogen) atoms. The Balaban J connectivity index is 1.87. The maximum Gasteiger partial charge on any atom is 0.433 e. The van der Waals surface area contributed by atoms with Crippen molar-refractivity contribution in [2.75, 3.05) is 6.54 Å². The maximum atomic E-state index is 12.9. The van der Waals surface area contributed by atoms with Crippen molar-refractivity contribution in [3.8, 4) is 0 Å². The number of aromatic nitrogens is 2. The number of likely N-dealkylation sites (tertiary alicyclic amines) is 1. The molecule has 0 saturated carbocycles. The summed E-state index contributed by atoms with van der Waals surface area (Å²) in [5.74, 6) is -0.454. The Labute approximate surface area is 137 Å². The van der Waals surface area contributed by atoms with Crippen LogP contribution in [0.25, 0.3) is 0 Å². The zero-order chi connectivity index (χ0) is 17.5. The van der Waals surface area contributed by atoms with Gasteiger partial charge in [-0.05, 0) is 25.3 Å². The van der Waals surface area contributed by atoms with E-state index < -0.39 is 17.8 Å². The van der Waals surface area contributed by atoms with Crippen molar-refractivity contribution in [3.05, 3.63) is 52.8 Å². The van der Waals surface area contributed by atoms with Crippen LogP contribution in [-0.4, -0.2) is 27.1 Å². The summed E-state index contributed by atoms with van der Waals surface area (Å²) < 4.78 is 39.4. The van der Waals surface area contributed by atoms with Crippen molar-refractivity contribution >= 4 is 5.91 Å². The molecule has 0 spiro atoms. The number of halogens is 3. The van der Waals surface area contributed by atoms with Gasteiger partial charge in [-0.25, -0.2) is 0 Å². The Morgan fingerprint density at radius 1 is 1.25 bits per heavy atom. The summed E-state index contributed by atoms with van der Waals surface area (Å²) in [4.78, 5) is 14.3. The normalized spacial score (nSPS) is 18.2. The first kappa shape index (κ1) is 16.5. The predicted molar refractivity (Wildman–Crippen MR) is 82.4 cm³/mol. The van der Waals surface area contributed by atoms with Crippen LogP contribution in [0, 0.1) is 6.92 Å². The monoisotopic (exact) mass is 337 g/mol. The molecule has 1 aromatic heterocycles. The third-order valence-electron chi connectivity index (χ3n) is 4.37. The highest BCUT2D eigenvalue weighted by Crippen LogP contribution is 2.34. The van der Waals surface area contributed by atoms with Crippen molar-refractivity contribution in [1.29, 1.82) is 0 Å². The van der Waals surface area contributed by atoms with Crippen LogP contribution in [0.15, 0.2) is 30.3 Å². The summed E-state index contributed by atoms with van der Waals surface area (Å²) in [6.07, 6.45) is -2.90. The van der Waals surface area contributed by atoms with Gasteiger partial charge in [-0.3, -0.25) is 9.48 Å². The van der Waals surface area contributed by atoms with Gasteiger partial charge in [0.1, 0.15) is 5.69 Å². The van der Waals surface area contributed by atoms with Gasteiger partial charge in [0.15, 0.2) is 5.69 Å². The van der Waals surface area contributed by atoms with Gasteiger partial charge in [0.25, 0.3) is 5.91 Å². The Morgan fingerprint density at radius 2 is 1.92 bits per heavy atom. The van der Waals surface area contributed by atoms with Crippen LogP contribution in [0.3, 0.4) is 0 Å². The predicted octanol–water partition coefficient (Wildman–Crippen LogP) is 3.72. The number of amides is 1. The van der Waals surface area contributed by atoms with E-state index in [9.17, 15) is 18.0 Å². The fourth-order valence-corrected chi connectivity index (χ4v) is 3.13. The number of hydrogen-bond acceptors (Lipinski definition) is 2. The van der Waals surface area contributed by atoms with Crippen LogP contribution >= 0.6 is 0 Å². The van der Waals surface area contributed by atoms with Crippen molar-refractivity contribution in [1.82, 2.24) is 14.7 Å². The lowest BCUT2D eigenvalue weighted by molar-refractivity contribution is -0.143. The van der Waals surface area contributed by atoms with E-state index in [4.69, 9.17) is 0 Å². The van der Waals surface area contributed by atoms with E-state index in [2.05, 4.69) is 5.10 Å². The third-order valence-corrected chi connectivity index (χ3v) is 4.37. The van der Waals surface area contributed by atoms with Gasteiger partial charge in [-0.1, -0.05) is 29.8 Å². The number of nitrogens with zero attached hydrogens (tertiary/aromatic N) is 3. The average Bonchev–Trinajstić information content (AvgIpc) is 3.13. The SMILES string of the molecule is Cc1ccc([C@@H]2CCCN2C(=O)c2cc(C(F)(F)F)n(C)n2)cc1. The summed E-state index contributed by atoms with van der Waals surface area (Å²) >= 11 is 0. The molecule has 1 amide bonds. The van der Waals surface area contributed by atoms with Crippen LogP contribution in [-0.2, 0) is 13.2 Å². The van der Waals surface area contributed by atoms with E-state index >= 15 is 0 Å². The van der Waals surface area contributed by atoms with Gasteiger partial charge < -0.3 is 4.90 Å². The minimum Gasteiger partial charge on any atom is -0.330 e. The third kappa shape index (κ3) is 3.02. The van der Waals surface area contributed by atoms with Gasteiger partial charge in [0.05, 0.1) is 6.04 Å². The zero-order valence-corrected chi connectivity index (χ0v) is 13.5. The summed E-state index contributed by atoms with van der Waals surface area (Å²) in [6.45, 7) is 2.50. The van der Waals surface area contributed by atoms with Crippen molar-refractivity contribution < 1.29 is 18.0 Å². The largest absolute Gasteiger partial charge is 0.433 e. The summed E-state index contributed by atoms with van der Waals surface area (Å²) in [6, 6.07) is 8.58. The van der Waals surface area contributed by atoms with Gasteiger partial charge in [0.2, 0.25) is 0 Å². The number of carbonyl (C=O) groups is 1. The Hall–Kier alpha value is -2.31. The zero-order valence-electron chi connectivity index (χ0n) is 13.5. The molecule has 0 radical (unpaired) electrons. The molecule has 2 heterocycles. The molecule has 128 valence electrons. The minimum absolute atomic E-state index is 0.116. The molecular formula is C17H18F3N3O. The summed E-state index contributed by atoms with van der Waals surface area (Å²) in [5, 5.41) is 3.77. The van der Waals surface area contributed by atoms with E-state index in [1.54, 1.807) is 4.90 Å². The van der Waals surface area contributed by atoms with E-state index in [1.807, 2.05) is 31.2 Å². The Bertz CT molecular complexity index is 749. The van der Waals surface area contributed by atoms with E-state index in [-0.39, 0.29) is 11.7 Å². The van der Waals surface area contributed by atoms with Gasteiger partial charge in [-0.15, -0.1) is 0 Å². The first-order chi connectivity index (χ1) is 11.3. The van der Waals surface area contributed by atoms with Gasteiger partial charge >= 0.3 is 6.18 Å². The molecule has 0 bridgehead atoms. The highest BCUT2D eigenvalue weighted by atomic mass is 19.4. The number of rotatable bonds is 2. The topological polar surface area (TPSA) is 38.1 Å². The molecule has 1 aromatic carbocycles. The lowest BCUT2D eigenvalue weighted by Crippen LogP contribution is -2.31. The van der Waals surface area contributed by atoms with Crippen molar-refractivity contribution in [3.63, 3.8) is 0 Å². The smallest absolute Gasteiger partial charge is 0.330 e. The Kier molecular flexibility index (Phi) is 4.11. The number of hydrogen-bond donors (Lipinski definition) is 0. The molecule has 0 unspecified atom stereocenters. The van der Waals surface area contributed by atoms with Crippen molar-refractivity contribution in [2.45, 2.75) is 32.0 Å². The fourth-order valence-electron chi connectivity index (χ4n) is 3.13. The van der Waals surface area contributed by atoms with Crippen LogP contribution in [0.1, 0.15) is 46.2 Å². The molecular weight excluding hydrogens is 319 g/mol. The molecule has 1 fully saturated rings. The fraction of sp³-hybridized carbons (Fsp3) is 0.412.